The van der Waals surface area contributed by atoms with Crippen LogP contribution in [0.15, 0.2) is 35.6 Å². The predicted molar refractivity (Wildman–Crippen MR) is 38.9 cm³/mol. The molecule has 0 fully saturated rings. The topological polar surface area (TPSA) is 26.0 Å². The highest BCUT2D eigenvalue weighted by atomic mass is 31.1. The largest absolute Gasteiger partial charge is 0.398 e. The average molecular weight is 125 g/mol. The van der Waals surface area contributed by atoms with Crippen LogP contribution in [-0.2, 0) is 0 Å². The lowest BCUT2D eigenvalue weighted by Gasteiger charge is -1.88. The van der Waals surface area contributed by atoms with Crippen molar-refractivity contribution in [1.82, 2.24) is 0 Å². The van der Waals surface area contributed by atoms with Crippen molar-refractivity contribution in [3.63, 3.8) is 0 Å². The smallest absolute Gasteiger partial charge is 0.0326 e. The minimum Gasteiger partial charge on any atom is -0.398 e. The molecule has 0 radical (unpaired) electrons. The van der Waals surface area contributed by atoms with E-state index >= 15 is 0 Å². The fourth-order valence-corrected chi connectivity index (χ4v) is 1.06. The van der Waals surface area contributed by atoms with E-state index < -0.39 is 0 Å². The van der Waals surface area contributed by atoms with Crippen LogP contribution < -0.4 is 5.73 Å². The maximum absolute atomic E-state index is 5.51. The van der Waals surface area contributed by atoms with Crippen LogP contribution >= 0.6 is 8.58 Å². The molecular formula is C6H8NP. The van der Waals surface area contributed by atoms with E-state index in [4.69, 9.17) is 5.73 Å². The minimum absolute atomic E-state index is 0.664. The van der Waals surface area contributed by atoms with E-state index in [0.717, 1.165) is 5.44 Å². The van der Waals surface area contributed by atoms with Gasteiger partial charge in [-0.1, -0.05) is 24.0 Å². The van der Waals surface area contributed by atoms with Crippen LogP contribution in [0.25, 0.3) is 0 Å². The lowest BCUT2D eigenvalue weighted by Crippen LogP contribution is -1.85. The molecule has 0 aromatic heterocycles. The van der Waals surface area contributed by atoms with Gasteiger partial charge >= 0.3 is 0 Å². The highest BCUT2D eigenvalue weighted by Gasteiger charge is 1.83. The normalized spacial score (nSPS) is 20.8. The fourth-order valence-electron chi connectivity index (χ4n) is 0.471. The fraction of sp³-hybridized carbons (Fsp3) is 0. The molecule has 1 aliphatic heterocycles. The molecule has 0 bridgehead atoms. The van der Waals surface area contributed by atoms with Gasteiger partial charge in [-0.15, -0.1) is 0 Å². The zero-order valence-corrected chi connectivity index (χ0v) is 5.46. The van der Waals surface area contributed by atoms with Crippen molar-refractivity contribution in [3.05, 3.63) is 35.6 Å². The van der Waals surface area contributed by atoms with Crippen LogP contribution in [-0.4, -0.2) is 0 Å². The molecule has 1 atom stereocenters. The molecular weight excluding hydrogens is 117 g/mol. The second-order valence-corrected chi connectivity index (χ2v) is 2.71. The SMILES string of the molecule is NC1=CC=CC=CP1. The molecule has 0 aromatic carbocycles. The van der Waals surface area contributed by atoms with Gasteiger partial charge < -0.3 is 5.73 Å². The van der Waals surface area contributed by atoms with Crippen molar-refractivity contribution in [2.24, 2.45) is 5.73 Å². The number of hydrogen-bond donors (Lipinski definition) is 1. The minimum atomic E-state index is 0.664. The van der Waals surface area contributed by atoms with Crippen LogP contribution in [0, 0.1) is 0 Å². The van der Waals surface area contributed by atoms with E-state index in [1.54, 1.807) is 0 Å². The summed E-state index contributed by atoms with van der Waals surface area (Å²) in [6.45, 7) is 0. The molecule has 1 rings (SSSR count). The number of rotatable bonds is 0. The zero-order valence-electron chi connectivity index (χ0n) is 4.46. The monoisotopic (exact) mass is 125 g/mol. The van der Waals surface area contributed by atoms with Crippen molar-refractivity contribution < 1.29 is 0 Å². The molecule has 2 N–H and O–H groups in total. The second kappa shape index (κ2) is 2.68. The van der Waals surface area contributed by atoms with E-state index in [-0.39, 0.29) is 0 Å². The Bertz CT molecular complexity index is 156. The first-order chi connectivity index (χ1) is 3.89. The Hall–Kier alpha value is -0.550. The Balaban J connectivity index is 2.69. The van der Waals surface area contributed by atoms with Crippen molar-refractivity contribution in [2.75, 3.05) is 0 Å². The molecule has 1 nitrogen and oxygen atoms in total. The van der Waals surface area contributed by atoms with Crippen LogP contribution in [0.1, 0.15) is 0 Å². The highest BCUT2D eigenvalue weighted by molar-refractivity contribution is 7.46. The summed E-state index contributed by atoms with van der Waals surface area (Å²) in [5.41, 5.74) is 6.46. The van der Waals surface area contributed by atoms with Crippen molar-refractivity contribution >= 4 is 8.58 Å². The molecule has 0 spiro atoms. The zero-order chi connectivity index (χ0) is 5.82. The van der Waals surface area contributed by atoms with Crippen LogP contribution in [0.5, 0.6) is 0 Å². The first-order valence-electron chi connectivity index (χ1n) is 2.45. The molecule has 2 heteroatoms. The van der Waals surface area contributed by atoms with Crippen LogP contribution in [0.3, 0.4) is 0 Å². The summed E-state index contributed by atoms with van der Waals surface area (Å²) in [5.74, 6) is 2.06. The van der Waals surface area contributed by atoms with Crippen molar-refractivity contribution in [1.29, 1.82) is 0 Å². The molecule has 8 heavy (non-hydrogen) atoms. The molecule has 0 aromatic rings. The first kappa shape index (κ1) is 5.58. The Kier molecular flexibility index (Phi) is 1.87. The maximum atomic E-state index is 5.51. The van der Waals surface area contributed by atoms with Gasteiger partial charge in [-0.25, -0.2) is 0 Å². The Labute approximate surface area is 50.7 Å². The summed E-state index contributed by atoms with van der Waals surface area (Å²) >= 11 is 0. The van der Waals surface area contributed by atoms with Crippen molar-refractivity contribution in [2.45, 2.75) is 0 Å². The van der Waals surface area contributed by atoms with Gasteiger partial charge in [0.2, 0.25) is 0 Å². The van der Waals surface area contributed by atoms with Gasteiger partial charge in [0.15, 0.2) is 0 Å². The average Bonchev–Trinajstić information content (AvgIpc) is 1.94. The maximum Gasteiger partial charge on any atom is 0.0326 e. The Morgan fingerprint density at radius 3 is 3.00 bits per heavy atom. The molecule has 0 aliphatic carbocycles. The van der Waals surface area contributed by atoms with Crippen LogP contribution in [0.2, 0.25) is 0 Å². The van der Waals surface area contributed by atoms with Gasteiger partial charge in [-0.2, -0.15) is 0 Å². The van der Waals surface area contributed by atoms with E-state index in [9.17, 15) is 0 Å². The molecule has 0 amide bonds. The third-order valence-electron chi connectivity index (χ3n) is 0.844. The third-order valence-corrected chi connectivity index (χ3v) is 1.70. The van der Waals surface area contributed by atoms with Gasteiger partial charge in [0, 0.05) is 5.44 Å². The molecule has 1 unspecified atom stereocenters. The molecule has 1 aliphatic rings. The van der Waals surface area contributed by atoms with E-state index in [0.29, 0.717) is 8.58 Å². The number of nitrogens with two attached hydrogens (primary N) is 1. The summed E-state index contributed by atoms with van der Waals surface area (Å²) < 4.78 is 0. The molecule has 42 valence electrons. The van der Waals surface area contributed by atoms with Gasteiger partial charge in [-0.3, -0.25) is 0 Å². The van der Waals surface area contributed by atoms with Crippen molar-refractivity contribution in [3.8, 4) is 0 Å². The van der Waals surface area contributed by atoms with Gasteiger partial charge in [0.1, 0.15) is 0 Å². The number of hydrogen-bond acceptors (Lipinski definition) is 1. The first-order valence-corrected chi connectivity index (χ1v) is 3.53. The third kappa shape index (κ3) is 1.51. The summed E-state index contributed by atoms with van der Waals surface area (Å²) in [6, 6.07) is 0. The van der Waals surface area contributed by atoms with Gasteiger partial charge in [-0.05, 0) is 14.7 Å². The summed E-state index contributed by atoms with van der Waals surface area (Å²) in [4.78, 5) is 0. The van der Waals surface area contributed by atoms with E-state index in [1.165, 1.54) is 0 Å². The van der Waals surface area contributed by atoms with Crippen LogP contribution in [0.4, 0.5) is 0 Å². The summed E-state index contributed by atoms with van der Waals surface area (Å²) in [7, 11) is 0.664. The van der Waals surface area contributed by atoms with Gasteiger partial charge in [0.05, 0.1) is 0 Å². The molecule has 1 heterocycles. The summed E-state index contributed by atoms with van der Waals surface area (Å²) in [5, 5.41) is 0. The lowest BCUT2D eigenvalue weighted by atomic mass is 10.5. The number of allylic oxidation sites excluding steroid dienone is 4. The second-order valence-electron chi connectivity index (χ2n) is 1.51. The lowest BCUT2D eigenvalue weighted by molar-refractivity contribution is 1.55. The summed E-state index contributed by atoms with van der Waals surface area (Å²) in [6.07, 6.45) is 7.87. The molecule has 0 saturated carbocycles. The molecule has 0 saturated heterocycles. The Morgan fingerprint density at radius 1 is 1.25 bits per heavy atom. The predicted octanol–water partition coefficient (Wildman–Crippen LogP) is 1.55. The quantitative estimate of drug-likeness (QED) is 0.488. The standard InChI is InChI=1S/C6H8NP/c7-6-4-2-1-3-5-8-6/h1-5,8H,7H2. The van der Waals surface area contributed by atoms with Gasteiger partial charge in [0.25, 0.3) is 0 Å². The highest BCUT2D eigenvalue weighted by Crippen LogP contribution is 2.21. The Morgan fingerprint density at radius 2 is 2.12 bits per heavy atom. The van der Waals surface area contributed by atoms with E-state index in [2.05, 4.69) is 5.82 Å². The van der Waals surface area contributed by atoms with E-state index in [1.807, 2.05) is 24.3 Å².